The van der Waals surface area contributed by atoms with Crippen molar-refractivity contribution in [3.05, 3.63) is 63.3 Å². The first-order valence-corrected chi connectivity index (χ1v) is 10.7. The number of alkyl halides is 1. The topological polar surface area (TPSA) is 94.2 Å². The van der Waals surface area contributed by atoms with E-state index in [-0.39, 0.29) is 11.5 Å². The number of rotatable bonds is 5. The molecule has 0 aliphatic carbocycles. The molecule has 4 rings (SSSR count). The van der Waals surface area contributed by atoms with Crippen LogP contribution in [0.25, 0.3) is 11.0 Å². The Hall–Kier alpha value is -3.33. The molecule has 0 aromatic carbocycles. The molecule has 32 heavy (non-hydrogen) atoms. The molecule has 8 nitrogen and oxygen atoms in total. The van der Waals surface area contributed by atoms with Crippen molar-refractivity contribution in [1.82, 2.24) is 25.2 Å². The highest BCUT2D eigenvalue weighted by atomic mass is 19.1. The van der Waals surface area contributed by atoms with Gasteiger partial charge in [-0.1, -0.05) is 0 Å². The highest BCUT2D eigenvalue weighted by molar-refractivity contribution is 5.92. The molecular formula is C23H27FN6O2. The fraction of sp³-hybridized carbons (Fsp3) is 0.391. The Morgan fingerprint density at radius 1 is 1.22 bits per heavy atom. The first kappa shape index (κ1) is 21.9. The molecule has 2 N–H and O–H groups in total. The van der Waals surface area contributed by atoms with Crippen molar-refractivity contribution < 1.29 is 9.18 Å². The van der Waals surface area contributed by atoms with Crippen LogP contribution >= 0.6 is 0 Å². The Morgan fingerprint density at radius 3 is 2.59 bits per heavy atom. The van der Waals surface area contributed by atoms with Crippen molar-refractivity contribution in [3.63, 3.8) is 0 Å². The van der Waals surface area contributed by atoms with Gasteiger partial charge in [0.25, 0.3) is 11.5 Å². The molecule has 1 unspecified atom stereocenters. The maximum Gasteiger partial charge on any atom is 0.269 e. The number of pyridine rings is 3. The minimum atomic E-state index is -1.34. The van der Waals surface area contributed by atoms with E-state index in [1.165, 1.54) is 6.92 Å². The summed E-state index contributed by atoms with van der Waals surface area (Å²) in [7, 11) is 1.59. The second-order valence-electron chi connectivity index (χ2n) is 8.09. The molecule has 1 amide bonds. The Morgan fingerprint density at radius 2 is 1.97 bits per heavy atom. The predicted molar refractivity (Wildman–Crippen MR) is 122 cm³/mol. The number of hydrogen-bond donors (Lipinski definition) is 2. The molecule has 1 aliphatic heterocycles. The van der Waals surface area contributed by atoms with Gasteiger partial charge in [-0.3, -0.25) is 19.5 Å². The lowest BCUT2D eigenvalue weighted by atomic mass is 10.0. The van der Waals surface area contributed by atoms with E-state index >= 15 is 0 Å². The van der Waals surface area contributed by atoms with E-state index in [0.717, 1.165) is 37.4 Å². The Balaban J connectivity index is 1.42. The van der Waals surface area contributed by atoms with Gasteiger partial charge in [0.1, 0.15) is 11.9 Å². The van der Waals surface area contributed by atoms with Gasteiger partial charge in [-0.2, -0.15) is 0 Å². The molecule has 1 saturated heterocycles. The Bertz CT molecular complexity index is 1180. The molecule has 0 saturated carbocycles. The molecule has 3 aromatic heterocycles. The molecule has 0 spiro atoms. The maximum atomic E-state index is 13.8. The van der Waals surface area contributed by atoms with Crippen LogP contribution in [0.2, 0.25) is 0 Å². The van der Waals surface area contributed by atoms with Gasteiger partial charge < -0.3 is 15.2 Å². The summed E-state index contributed by atoms with van der Waals surface area (Å²) in [6.07, 6.45) is 2.20. The summed E-state index contributed by atoms with van der Waals surface area (Å²) < 4.78 is 13.8. The minimum Gasteiger partial charge on any atom is -0.368 e. The van der Waals surface area contributed by atoms with Gasteiger partial charge in [-0.25, -0.2) is 9.37 Å². The lowest BCUT2D eigenvalue weighted by Crippen LogP contribution is -2.46. The average Bonchev–Trinajstić information content (AvgIpc) is 2.79. The van der Waals surface area contributed by atoms with Crippen molar-refractivity contribution >= 4 is 22.6 Å². The van der Waals surface area contributed by atoms with Crippen LogP contribution in [0.1, 0.15) is 40.3 Å². The normalized spacial score (nSPS) is 15.7. The van der Waals surface area contributed by atoms with Crippen LogP contribution in [-0.2, 0) is 6.54 Å². The van der Waals surface area contributed by atoms with Crippen molar-refractivity contribution in [3.8, 4) is 0 Å². The number of H-pyrrole nitrogens is 1. The summed E-state index contributed by atoms with van der Waals surface area (Å²) in [5, 5.41) is 2.57. The van der Waals surface area contributed by atoms with E-state index in [4.69, 9.17) is 0 Å². The minimum absolute atomic E-state index is 0.145. The number of aryl methyl sites for hydroxylation is 1. The summed E-state index contributed by atoms with van der Waals surface area (Å²) in [6.45, 7) is 7.24. The number of hydrogen-bond acceptors (Lipinski definition) is 6. The molecule has 3 aromatic rings. The molecule has 0 bridgehead atoms. The van der Waals surface area contributed by atoms with Crippen LogP contribution in [0.5, 0.6) is 0 Å². The number of carbonyl (C=O) groups is 1. The van der Waals surface area contributed by atoms with Crippen LogP contribution < -0.4 is 15.8 Å². The zero-order chi connectivity index (χ0) is 22.8. The van der Waals surface area contributed by atoms with Crippen LogP contribution in [0.3, 0.4) is 0 Å². The molecule has 168 valence electrons. The monoisotopic (exact) mass is 438 g/mol. The number of nitrogens with one attached hydrogen (secondary N) is 2. The quantitative estimate of drug-likeness (QED) is 0.635. The number of piperazine rings is 1. The molecule has 0 radical (unpaired) electrons. The number of anilines is 1. The summed E-state index contributed by atoms with van der Waals surface area (Å²) in [4.78, 5) is 40.0. The van der Waals surface area contributed by atoms with Crippen molar-refractivity contribution in [1.29, 1.82) is 0 Å². The van der Waals surface area contributed by atoms with Crippen LogP contribution in [0, 0.1) is 6.92 Å². The zero-order valence-electron chi connectivity index (χ0n) is 18.5. The average molecular weight is 439 g/mol. The fourth-order valence-electron chi connectivity index (χ4n) is 4.21. The van der Waals surface area contributed by atoms with Crippen LogP contribution in [0.15, 0.2) is 35.4 Å². The predicted octanol–water partition coefficient (Wildman–Crippen LogP) is 2.34. The number of nitrogens with zero attached hydrogens (tertiary/aromatic N) is 4. The highest BCUT2D eigenvalue weighted by Gasteiger charge is 2.20. The lowest BCUT2D eigenvalue weighted by Gasteiger charge is -2.36. The third-order valence-electron chi connectivity index (χ3n) is 5.95. The van der Waals surface area contributed by atoms with Gasteiger partial charge >= 0.3 is 0 Å². The number of aromatic amines is 1. The SMILES string of the molecule is CNC(=O)c1ccc(N2CCN(Cc3cnc4c(C)c(C(C)F)c(=O)[nH]c4c3)CC2)cn1. The molecule has 9 heteroatoms. The number of halogens is 1. The molecular weight excluding hydrogens is 411 g/mol. The van der Waals surface area contributed by atoms with Crippen molar-refractivity contribution in [2.45, 2.75) is 26.6 Å². The van der Waals surface area contributed by atoms with Crippen molar-refractivity contribution in [2.75, 3.05) is 38.1 Å². The third-order valence-corrected chi connectivity index (χ3v) is 5.95. The van der Waals surface area contributed by atoms with E-state index < -0.39 is 11.7 Å². The summed E-state index contributed by atoms with van der Waals surface area (Å²) in [5.74, 6) is -0.197. The van der Waals surface area contributed by atoms with Gasteiger partial charge in [0.05, 0.1) is 28.5 Å². The van der Waals surface area contributed by atoms with Gasteiger partial charge in [0.2, 0.25) is 0 Å². The second kappa shape index (κ2) is 9.04. The van der Waals surface area contributed by atoms with E-state index in [1.54, 1.807) is 32.4 Å². The number of aromatic nitrogens is 3. The number of fused-ring (bicyclic) bond motifs is 1. The van der Waals surface area contributed by atoms with Gasteiger partial charge in [0.15, 0.2) is 0 Å². The van der Waals surface area contributed by atoms with E-state index in [9.17, 15) is 14.0 Å². The van der Waals surface area contributed by atoms with Gasteiger partial charge in [-0.15, -0.1) is 0 Å². The van der Waals surface area contributed by atoms with E-state index in [1.807, 2.05) is 12.1 Å². The Kier molecular flexibility index (Phi) is 6.18. The number of carbonyl (C=O) groups excluding carboxylic acids is 1. The van der Waals surface area contributed by atoms with E-state index in [0.29, 0.717) is 28.8 Å². The lowest BCUT2D eigenvalue weighted by molar-refractivity contribution is 0.0958. The number of amides is 1. The molecule has 1 aliphatic rings. The van der Waals surface area contributed by atoms with Crippen LogP contribution in [-0.4, -0.2) is 59.0 Å². The molecule has 1 atom stereocenters. The second-order valence-corrected chi connectivity index (χ2v) is 8.09. The molecule has 4 heterocycles. The summed E-state index contributed by atoms with van der Waals surface area (Å²) in [5.41, 5.74) is 4.00. The van der Waals surface area contributed by atoms with Gasteiger partial charge in [0, 0.05) is 46.0 Å². The zero-order valence-corrected chi connectivity index (χ0v) is 18.5. The Labute approximate surface area is 185 Å². The first-order valence-electron chi connectivity index (χ1n) is 10.7. The van der Waals surface area contributed by atoms with Crippen molar-refractivity contribution in [2.24, 2.45) is 0 Å². The van der Waals surface area contributed by atoms with E-state index in [2.05, 4.69) is 30.1 Å². The largest absolute Gasteiger partial charge is 0.368 e. The van der Waals surface area contributed by atoms with Crippen LogP contribution in [0.4, 0.5) is 10.1 Å². The third kappa shape index (κ3) is 4.34. The maximum absolute atomic E-state index is 13.8. The fourth-order valence-corrected chi connectivity index (χ4v) is 4.21. The summed E-state index contributed by atoms with van der Waals surface area (Å²) in [6, 6.07) is 5.59. The summed E-state index contributed by atoms with van der Waals surface area (Å²) >= 11 is 0. The first-order chi connectivity index (χ1) is 15.4. The highest BCUT2D eigenvalue weighted by Crippen LogP contribution is 2.23. The molecule has 1 fully saturated rings. The standard InChI is InChI=1S/C23H27FN6O2/c1-14-20(15(2)24)23(32)28-19-10-16(11-27-21(14)19)13-29-6-8-30(9-7-29)17-4-5-18(26-12-17)22(31)25-3/h4-5,10-12,15H,6-9,13H2,1-3H3,(H,25,31)(H,28,32). The van der Waals surface area contributed by atoms with Gasteiger partial charge in [-0.05, 0) is 43.2 Å². The smallest absolute Gasteiger partial charge is 0.269 e.